The molecule has 0 saturated carbocycles. The second-order valence-corrected chi connectivity index (χ2v) is 3.40. The molecule has 0 saturated heterocycles. The zero-order valence-corrected chi connectivity index (χ0v) is 8.55. The first-order chi connectivity index (χ1) is 7.17. The van der Waals surface area contributed by atoms with Crippen LogP contribution in [0.15, 0.2) is 0 Å². The fourth-order valence-corrected chi connectivity index (χ4v) is 1.05. The third kappa shape index (κ3) is 4.67. The molecule has 0 aliphatic carbocycles. The molecular formula is C6H7O9P. The molecule has 0 aliphatic rings. The van der Waals surface area contributed by atoms with Crippen LogP contribution in [-0.2, 0) is 28.0 Å². The molecule has 1 atom stereocenters. The van der Waals surface area contributed by atoms with E-state index in [1.165, 1.54) is 0 Å². The van der Waals surface area contributed by atoms with Crippen LogP contribution in [0.2, 0.25) is 0 Å². The van der Waals surface area contributed by atoms with Gasteiger partial charge in [-0.25, -0.2) is 4.79 Å². The second kappa shape index (κ2) is 5.38. The lowest BCUT2D eigenvalue weighted by Gasteiger charge is -2.18. The van der Waals surface area contributed by atoms with Gasteiger partial charge >= 0.3 is 25.8 Å². The van der Waals surface area contributed by atoms with Gasteiger partial charge in [-0.05, 0) is 0 Å². The average Bonchev–Trinajstić information content (AvgIpc) is 1.98. The molecule has 0 aromatic heterocycles. The summed E-state index contributed by atoms with van der Waals surface area (Å²) in [5, 5.41) is 26.1. The molecule has 0 amide bonds. The number of hydrogen-bond donors (Lipinski definition) is 3. The summed E-state index contributed by atoms with van der Waals surface area (Å²) in [5.74, 6) is -5.18. The summed E-state index contributed by atoms with van der Waals surface area (Å²) in [6, 6.07) is 0. The van der Waals surface area contributed by atoms with Gasteiger partial charge in [-0.15, -0.1) is 0 Å². The van der Waals surface area contributed by atoms with E-state index in [-0.39, 0.29) is 0 Å². The summed E-state index contributed by atoms with van der Waals surface area (Å²) < 4.78 is 23.4. The molecule has 0 radical (unpaired) electrons. The average molecular weight is 254 g/mol. The monoisotopic (exact) mass is 254 g/mol. The SMILES string of the molecule is O=C(O)CC(O)(CC(=O)OP(=O)=O)C(=O)O. The Morgan fingerprint density at radius 3 is 1.94 bits per heavy atom. The number of carboxylic acids is 2. The summed E-state index contributed by atoms with van der Waals surface area (Å²) in [4.78, 5) is 31.5. The van der Waals surface area contributed by atoms with Crippen LogP contribution in [0.3, 0.4) is 0 Å². The van der Waals surface area contributed by atoms with Gasteiger partial charge in [-0.1, -0.05) is 0 Å². The van der Waals surface area contributed by atoms with Crippen molar-refractivity contribution >= 4 is 25.8 Å². The van der Waals surface area contributed by atoms with E-state index in [9.17, 15) is 28.6 Å². The Kier molecular flexibility index (Phi) is 4.80. The van der Waals surface area contributed by atoms with Crippen LogP contribution < -0.4 is 0 Å². The Labute approximate surface area is 88.5 Å². The van der Waals surface area contributed by atoms with E-state index >= 15 is 0 Å². The maximum Gasteiger partial charge on any atom is 0.531 e. The Morgan fingerprint density at radius 1 is 1.12 bits per heavy atom. The van der Waals surface area contributed by atoms with Gasteiger partial charge in [0.2, 0.25) is 0 Å². The molecule has 0 heterocycles. The molecule has 3 N–H and O–H groups in total. The van der Waals surface area contributed by atoms with Crippen molar-refractivity contribution in [1.29, 1.82) is 0 Å². The number of carbonyl (C=O) groups is 3. The van der Waals surface area contributed by atoms with Crippen molar-refractivity contribution < 1.29 is 43.4 Å². The summed E-state index contributed by atoms with van der Waals surface area (Å²) in [6.07, 6.45) is -2.54. The first-order valence-electron chi connectivity index (χ1n) is 3.70. The Hall–Kier alpha value is -1.73. The smallest absolute Gasteiger partial charge is 0.481 e. The first-order valence-corrected chi connectivity index (χ1v) is 4.79. The standard InChI is InChI=1S/C6H7O9P/c7-3(8)1-6(12,5(10)11)2-4(9)15-16(13)14/h12H,1-2H2,(H,7,8)(H,10,11). The maximum atomic E-state index is 10.7. The van der Waals surface area contributed by atoms with Crippen LogP contribution in [0.4, 0.5) is 0 Å². The highest BCUT2D eigenvalue weighted by Crippen LogP contribution is 2.19. The molecule has 0 spiro atoms. The van der Waals surface area contributed by atoms with E-state index in [1.807, 2.05) is 0 Å². The van der Waals surface area contributed by atoms with Gasteiger partial charge in [0.1, 0.15) is 0 Å². The maximum absolute atomic E-state index is 10.7. The molecule has 10 heteroatoms. The zero-order valence-electron chi connectivity index (χ0n) is 7.65. The van der Waals surface area contributed by atoms with Crippen molar-refractivity contribution in [3.63, 3.8) is 0 Å². The fraction of sp³-hybridized carbons (Fsp3) is 0.500. The van der Waals surface area contributed by atoms with E-state index in [0.29, 0.717) is 0 Å². The highest BCUT2D eigenvalue weighted by atomic mass is 31.1. The molecule has 0 aliphatic heterocycles. The van der Waals surface area contributed by atoms with Gasteiger partial charge in [0, 0.05) is 0 Å². The molecule has 16 heavy (non-hydrogen) atoms. The normalized spacial score (nSPS) is 13.6. The minimum absolute atomic E-state index is 1.26. The minimum atomic E-state index is -3.53. The van der Waals surface area contributed by atoms with Gasteiger partial charge in [0.15, 0.2) is 5.60 Å². The van der Waals surface area contributed by atoms with Crippen LogP contribution >= 0.6 is 7.91 Å². The first kappa shape index (κ1) is 14.3. The molecule has 1 unspecified atom stereocenters. The molecule has 0 aromatic rings. The van der Waals surface area contributed by atoms with Crippen molar-refractivity contribution in [2.75, 3.05) is 0 Å². The molecular weight excluding hydrogens is 247 g/mol. The predicted octanol–water partition coefficient (Wildman–Crippen LogP) is -0.702. The van der Waals surface area contributed by atoms with Gasteiger partial charge < -0.3 is 19.8 Å². The quantitative estimate of drug-likeness (QED) is 0.521. The fourth-order valence-electron chi connectivity index (χ4n) is 0.818. The van der Waals surface area contributed by atoms with Gasteiger partial charge in [0.05, 0.1) is 12.8 Å². The van der Waals surface area contributed by atoms with Crippen molar-refractivity contribution in [3.05, 3.63) is 0 Å². The minimum Gasteiger partial charge on any atom is -0.481 e. The lowest BCUT2D eigenvalue weighted by atomic mass is 9.96. The lowest BCUT2D eigenvalue weighted by molar-refractivity contribution is -0.169. The van der Waals surface area contributed by atoms with Gasteiger partial charge in [-0.2, -0.15) is 9.13 Å². The third-order valence-corrected chi connectivity index (χ3v) is 1.81. The largest absolute Gasteiger partial charge is 0.531 e. The van der Waals surface area contributed by atoms with Crippen molar-refractivity contribution in [3.8, 4) is 0 Å². The van der Waals surface area contributed by atoms with Crippen LogP contribution in [0.5, 0.6) is 0 Å². The summed E-state index contributed by atoms with van der Waals surface area (Å²) in [6.45, 7) is 0. The topological polar surface area (TPSA) is 155 Å². The number of carboxylic acid groups (broad SMARTS) is 2. The molecule has 90 valence electrons. The number of aliphatic carboxylic acids is 2. The summed E-state index contributed by atoms with van der Waals surface area (Å²) >= 11 is 0. The van der Waals surface area contributed by atoms with Gasteiger partial charge in [0.25, 0.3) is 0 Å². The Balaban J connectivity index is 4.74. The van der Waals surface area contributed by atoms with Crippen LogP contribution in [-0.4, -0.2) is 38.8 Å². The highest BCUT2D eigenvalue weighted by Gasteiger charge is 2.41. The van der Waals surface area contributed by atoms with E-state index < -0.39 is 44.3 Å². The van der Waals surface area contributed by atoms with E-state index in [1.54, 1.807) is 0 Å². The van der Waals surface area contributed by atoms with Crippen molar-refractivity contribution in [1.82, 2.24) is 0 Å². The lowest BCUT2D eigenvalue weighted by Crippen LogP contribution is -2.42. The van der Waals surface area contributed by atoms with E-state index in [2.05, 4.69) is 4.52 Å². The molecule has 0 bridgehead atoms. The predicted molar refractivity (Wildman–Crippen MR) is 43.8 cm³/mol. The molecule has 9 nitrogen and oxygen atoms in total. The number of carbonyl (C=O) groups excluding carboxylic acids is 1. The highest BCUT2D eigenvalue weighted by molar-refractivity contribution is 7.25. The van der Waals surface area contributed by atoms with E-state index in [0.717, 1.165) is 0 Å². The van der Waals surface area contributed by atoms with Gasteiger partial charge in [-0.3, -0.25) is 9.59 Å². The second-order valence-electron chi connectivity index (χ2n) is 2.77. The van der Waals surface area contributed by atoms with Crippen LogP contribution in [0, 0.1) is 0 Å². The Morgan fingerprint density at radius 2 is 1.62 bits per heavy atom. The number of hydrogen-bond acceptors (Lipinski definition) is 7. The molecule has 0 aromatic carbocycles. The summed E-state index contributed by atoms with van der Waals surface area (Å²) in [5.41, 5.74) is -2.89. The van der Waals surface area contributed by atoms with E-state index in [4.69, 9.17) is 10.2 Å². The molecule has 0 fully saturated rings. The number of aliphatic hydroxyl groups is 1. The molecule has 0 rings (SSSR count). The van der Waals surface area contributed by atoms with Crippen molar-refractivity contribution in [2.45, 2.75) is 18.4 Å². The van der Waals surface area contributed by atoms with Crippen molar-refractivity contribution in [2.24, 2.45) is 0 Å². The zero-order chi connectivity index (χ0) is 12.9. The Bertz CT molecular complexity index is 375. The van der Waals surface area contributed by atoms with Crippen LogP contribution in [0.25, 0.3) is 0 Å². The summed E-state index contributed by atoms with van der Waals surface area (Å²) in [7, 11) is -3.53. The third-order valence-electron chi connectivity index (χ3n) is 1.45. The van der Waals surface area contributed by atoms with Crippen LogP contribution in [0.1, 0.15) is 12.8 Å². The number of rotatable bonds is 6.